The highest BCUT2D eigenvalue weighted by Gasteiger charge is 2.69. The van der Waals surface area contributed by atoms with Gasteiger partial charge in [-0.05, 0) is 105 Å². The molecule has 51 heavy (non-hydrogen) atoms. The van der Waals surface area contributed by atoms with Gasteiger partial charge in [0.1, 0.15) is 48.8 Å². The molecule has 0 aromatic rings. The van der Waals surface area contributed by atoms with Crippen molar-refractivity contribution in [3.63, 3.8) is 0 Å². The molecule has 4 saturated heterocycles. The zero-order valence-electron chi connectivity index (χ0n) is 30.4. The third kappa shape index (κ3) is 5.90. The average molecular weight is 727 g/mol. The van der Waals surface area contributed by atoms with Gasteiger partial charge in [0.25, 0.3) is 0 Å². The van der Waals surface area contributed by atoms with E-state index in [-0.39, 0.29) is 22.7 Å². The molecule has 4 saturated carbocycles. The van der Waals surface area contributed by atoms with Gasteiger partial charge < -0.3 is 64.2 Å². The first-order valence-corrected chi connectivity index (χ1v) is 19.9. The lowest BCUT2D eigenvalue weighted by molar-refractivity contribution is -0.364. The van der Waals surface area contributed by atoms with Crippen LogP contribution in [0.4, 0.5) is 0 Å². The first-order valence-electron chi connectivity index (χ1n) is 19.9. The lowest BCUT2D eigenvalue weighted by Gasteiger charge is -2.61. The van der Waals surface area contributed by atoms with Crippen molar-refractivity contribution in [3.8, 4) is 0 Å². The van der Waals surface area contributed by atoms with Crippen molar-refractivity contribution < 1.29 is 64.2 Å². The van der Waals surface area contributed by atoms with Gasteiger partial charge in [0.2, 0.25) is 0 Å². The molecule has 0 aromatic carbocycles. The fourth-order valence-corrected chi connectivity index (χ4v) is 13.1. The summed E-state index contributed by atoms with van der Waals surface area (Å²) in [6.45, 7) is 7.06. The Hall–Kier alpha value is -0.520. The summed E-state index contributed by atoms with van der Waals surface area (Å²) in [7, 11) is 0. The molecule has 4 aliphatic carbocycles. The third-order valence-electron chi connectivity index (χ3n) is 15.8. The molecule has 4 aliphatic heterocycles. The number of rotatable bonds is 6. The molecule has 292 valence electrons. The average Bonchev–Trinajstić information content (AvgIpc) is 3.57. The molecule has 21 atom stereocenters. The van der Waals surface area contributed by atoms with Crippen LogP contribution in [0.25, 0.3) is 0 Å². The smallest absolute Gasteiger partial charge is 0.187 e. The lowest BCUT2D eigenvalue weighted by atomic mass is 9.44. The van der Waals surface area contributed by atoms with Crippen molar-refractivity contribution >= 4 is 0 Å². The molecule has 4 heterocycles. The van der Waals surface area contributed by atoms with Gasteiger partial charge in [0, 0.05) is 12.3 Å². The maximum atomic E-state index is 11.1. The quantitative estimate of drug-likeness (QED) is 0.193. The van der Waals surface area contributed by atoms with Crippen LogP contribution in [-0.4, -0.2) is 135 Å². The highest BCUT2D eigenvalue weighted by Crippen LogP contribution is 2.71. The van der Waals surface area contributed by atoms with Crippen LogP contribution in [0.15, 0.2) is 0 Å². The summed E-state index contributed by atoms with van der Waals surface area (Å²) in [5, 5.41) is 72.7. The minimum absolute atomic E-state index is 0.186. The number of hydrogen-bond donors (Lipinski definition) is 7. The van der Waals surface area contributed by atoms with E-state index in [0.29, 0.717) is 41.6 Å². The van der Waals surface area contributed by atoms with Crippen molar-refractivity contribution in [1.82, 2.24) is 0 Å². The van der Waals surface area contributed by atoms with Crippen molar-refractivity contribution in [2.24, 2.45) is 46.3 Å². The van der Waals surface area contributed by atoms with E-state index in [4.69, 9.17) is 28.4 Å². The van der Waals surface area contributed by atoms with Crippen LogP contribution in [0.2, 0.25) is 0 Å². The Balaban J connectivity index is 0.895. The Kier molecular flexibility index (Phi) is 10.2. The molecule has 0 amide bonds. The van der Waals surface area contributed by atoms with Gasteiger partial charge in [0.15, 0.2) is 18.4 Å². The van der Waals surface area contributed by atoms with Crippen LogP contribution in [0, 0.1) is 46.3 Å². The molecule has 7 N–H and O–H groups in total. The minimum atomic E-state index is -1.71. The molecule has 13 nitrogen and oxygen atoms in total. The van der Waals surface area contributed by atoms with Crippen LogP contribution >= 0.6 is 0 Å². The summed E-state index contributed by atoms with van der Waals surface area (Å²) < 4.78 is 36.9. The van der Waals surface area contributed by atoms with Gasteiger partial charge in [-0.1, -0.05) is 20.8 Å². The minimum Gasteiger partial charge on any atom is -0.394 e. The molecule has 1 spiro atoms. The second-order valence-corrected chi connectivity index (χ2v) is 18.1. The number of fused-ring (bicyclic) bond motifs is 7. The maximum Gasteiger partial charge on any atom is 0.187 e. The van der Waals surface area contributed by atoms with E-state index in [2.05, 4.69) is 20.8 Å². The molecule has 8 fully saturated rings. The van der Waals surface area contributed by atoms with Gasteiger partial charge in [-0.3, -0.25) is 0 Å². The lowest BCUT2D eigenvalue weighted by Crippen LogP contribution is -2.65. The Morgan fingerprint density at radius 1 is 0.686 bits per heavy atom. The summed E-state index contributed by atoms with van der Waals surface area (Å²) in [6, 6.07) is 0. The number of hydrogen-bond acceptors (Lipinski definition) is 13. The van der Waals surface area contributed by atoms with Gasteiger partial charge in [-0.2, -0.15) is 0 Å². The predicted molar refractivity (Wildman–Crippen MR) is 178 cm³/mol. The summed E-state index contributed by atoms with van der Waals surface area (Å²) in [5.74, 6) is 3.09. The van der Waals surface area contributed by atoms with E-state index >= 15 is 0 Å². The molecule has 8 rings (SSSR count). The molecule has 0 aromatic heterocycles. The normalized spacial score (nSPS) is 58.5. The monoisotopic (exact) mass is 726 g/mol. The van der Waals surface area contributed by atoms with Crippen LogP contribution in [0.5, 0.6) is 0 Å². The van der Waals surface area contributed by atoms with Gasteiger partial charge in [-0.15, -0.1) is 0 Å². The largest absolute Gasteiger partial charge is 0.394 e. The SMILES string of the molecule is CC1C2C(CC3C4CCC5CC(OC6OC(CO)C(OC7OC(CO)C(O)C(O)C7O)C(O)C6O)CCC5(C)C4CCC32C)OC12CCCCO2. The molecular formula is C38H62O13. The maximum absolute atomic E-state index is 11.1. The number of aliphatic hydroxyl groups excluding tert-OH is 7. The third-order valence-corrected chi connectivity index (χ3v) is 15.8. The Morgan fingerprint density at radius 3 is 2.12 bits per heavy atom. The molecule has 0 bridgehead atoms. The molecular weight excluding hydrogens is 664 g/mol. The van der Waals surface area contributed by atoms with E-state index in [9.17, 15) is 35.7 Å². The van der Waals surface area contributed by atoms with Crippen LogP contribution in [0.1, 0.15) is 91.4 Å². The zero-order chi connectivity index (χ0) is 36.0. The van der Waals surface area contributed by atoms with E-state index in [1.807, 2.05) is 0 Å². The van der Waals surface area contributed by atoms with Crippen LogP contribution < -0.4 is 0 Å². The Labute approximate surface area is 300 Å². The van der Waals surface area contributed by atoms with Crippen molar-refractivity contribution in [1.29, 1.82) is 0 Å². The molecule has 21 unspecified atom stereocenters. The van der Waals surface area contributed by atoms with Gasteiger partial charge in [-0.25, -0.2) is 0 Å². The molecule has 0 radical (unpaired) electrons. The second kappa shape index (κ2) is 13.9. The second-order valence-electron chi connectivity index (χ2n) is 18.1. The number of aliphatic hydroxyl groups is 7. The standard InChI is InChI=1S/C38H62O13/c1-18-27-24(51-38(18)10-4-5-13-46-38)15-23-21-7-6-19-14-20(8-11-36(19,2)22(21)9-12-37(23,27)3)47-34-32(45)30(43)33(26(17-40)49-34)50-35-31(44)29(42)28(41)25(16-39)48-35/h18-35,39-45H,4-17H2,1-3H3. The summed E-state index contributed by atoms with van der Waals surface area (Å²) in [4.78, 5) is 0. The van der Waals surface area contributed by atoms with Crippen LogP contribution in [0.3, 0.4) is 0 Å². The van der Waals surface area contributed by atoms with E-state index in [0.717, 1.165) is 51.6 Å². The summed E-state index contributed by atoms with van der Waals surface area (Å²) in [6.07, 6.45) is -2.46. The Morgan fingerprint density at radius 2 is 1.39 bits per heavy atom. The highest BCUT2D eigenvalue weighted by atomic mass is 16.7. The Bertz CT molecular complexity index is 1230. The molecule has 8 aliphatic rings. The first-order chi connectivity index (χ1) is 24.3. The van der Waals surface area contributed by atoms with E-state index in [1.165, 1.54) is 25.7 Å². The van der Waals surface area contributed by atoms with E-state index < -0.39 is 74.6 Å². The molecule has 13 heteroatoms. The van der Waals surface area contributed by atoms with Crippen molar-refractivity contribution in [2.75, 3.05) is 19.8 Å². The fourth-order valence-electron chi connectivity index (χ4n) is 13.1. The van der Waals surface area contributed by atoms with Gasteiger partial charge in [0.05, 0.1) is 32.0 Å². The predicted octanol–water partition coefficient (Wildman–Crippen LogP) is 1.20. The van der Waals surface area contributed by atoms with Crippen LogP contribution in [-0.2, 0) is 28.4 Å². The van der Waals surface area contributed by atoms with Gasteiger partial charge >= 0.3 is 0 Å². The topological polar surface area (TPSA) is 197 Å². The fraction of sp³-hybridized carbons (Fsp3) is 1.00. The van der Waals surface area contributed by atoms with E-state index in [1.54, 1.807) is 0 Å². The zero-order valence-corrected chi connectivity index (χ0v) is 30.4. The highest BCUT2D eigenvalue weighted by molar-refractivity contribution is 5.15. The van der Waals surface area contributed by atoms with Crippen molar-refractivity contribution in [2.45, 2.75) is 171 Å². The summed E-state index contributed by atoms with van der Waals surface area (Å²) in [5.41, 5.74) is 0.480. The van der Waals surface area contributed by atoms with Crippen molar-refractivity contribution in [3.05, 3.63) is 0 Å². The summed E-state index contributed by atoms with van der Waals surface area (Å²) >= 11 is 0. The first kappa shape index (κ1) is 37.4. The number of ether oxygens (including phenoxy) is 6.